The summed E-state index contributed by atoms with van der Waals surface area (Å²) in [5, 5.41) is 3.57. The molecule has 1 aliphatic carbocycles. The van der Waals surface area contributed by atoms with Crippen molar-refractivity contribution in [2.24, 2.45) is 5.41 Å². The topological polar surface area (TPSA) is 21.3 Å². The zero-order chi connectivity index (χ0) is 15.3. The van der Waals surface area contributed by atoms with Gasteiger partial charge >= 0.3 is 0 Å². The molecular weight excluding hydrogens is 258 g/mol. The van der Waals surface area contributed by atoms with Crippen LogP contribution >= 0.6 is 0 Å². The summed E-state index contributed by atoms with van der Waals surface area (Å²) in [6.45, 7) is 10.8. The number of aryl methyl sites for hydroxylation is 1. The van der Waals surface area contributed by atoms with Gasteiger partial charge in [0, 0.05) is 0 Å². The largest absolute Gasteiger partial charge is 0.376 e. The molecule has 0 heterocycles. The molecule has 1 saturated carbocycles. The summed E-state index contributed by atoms with van der Waals surface area (Å²) >= 11 is 0. The highest BCUT2D eigenvalue weighted by atomic mass is 16.5. The van der Waals surface area contributed by atoms with Crippen molar-refractivity contribution in [3.8, 4) is 0 Å². The summed E-state index contributed by atoms with van der Waals surface area (Å²) in [5.74, 6) is 0. The highest BCUT2D eigenvalue weighted by Crippen LogP contribution is 2.36. The predicted molar refractivity (Wildman–Crippen MR) is 89.6 cm³/mol. The van der Waals surface area contributed by atoms with Crippen molar-refractivity contribution in [3.63, 3.8) is 0 Å². The maximum absolute atomic E-state index is 6.24. The van der Waals surface area contributed by atoms with Crippen LogP contribution in [0.25, 0.3) is 0 Å². The maximum Gasteiger partial charge on any atom is 0.0665 e. The summed E-state index contributed by atoms with van der Waals surface area (Å²) in [7, 11) is 0. The molecule has 1 N–H and O–H groups in total. The Balaban J connectivity index is 1.91. The highest BCUT2D eigenvalue weighted by molar-refractivity contribution is 5.28. The second-order valence-corrected chi connectivity index (χ2v) is 7.16. The van der Waals surface area contributed by atoms with Crippen LogP contribution in [0.2, 0.25) is 0 Å². The highest BCUT2D eigenvalue weighted by Gasteiger charge is 2.27. The van der Waals surface area contributed by atoms with E-state index in [9.17, 15) is 0 Å². The second kappa shape index (κ2) is 7.42. The van der Waals surface area contributed by atoms with Crippen LogP contribution in [0.3, 0.4) is 0 Å². The third-order valence-corrected chi connectivity index (χ3v) is 4.80. The molecule has 2 nitrogen and oxygen atoms in total. The lowest BCUT2D eigenvalue weighted by Gasteiger charge is -2.35. The Morgan fingerprint density at radius 3 is 2.52 bits per heavy atom. The first-order valence-electron chi connectivity index (χ1n) is 8.42. The van der Waals surface area contributed by atoms with Gasteiger partial charge < -0.3 is 10.1 Å². The molecule has 0 spiro atoms. The number of ether oxygens (including phenoxy) is 1. The Morgan fingerprint density at radius 1 is 1.24 bits per heavy atom. The van der Waals surface area contributed by atoms with Crippen LogP contribution in [0, 0.1) is 12.3 Å². The Hall–Kier alpha value is -0.860. The van der Waals surface area contributed by atoms with Crippen molar-refractivity contribution in [2.45, 2.75) is 65.5 Å². The van der Waals surface area contributed by atoms with Crippen LogP contribution < -0.4 is 5.32 Å². The van der Waals surface area contributed by atoms with Crippen LogP contribution in [0.15, 0.2) is 24.3 Å². The Labute approximate surface area is 130 Å². The van der Waals surface area contributed by atoms with Gasteiger partial charge in [0.1, 0.15) is 0 Å². The molecule has 0 aliphatic heterocycles. The van der Waals surface area contributed by atoms with E-state index >= 15 is 0 Å². The van der Waals surface area contributed by atoms with E-state index in [-0.39, 0.29) is 0 Å². The van der Waals surface area contributed by atoms with Crippen molar-refractivity contribution in [1.29, 1.82) is 0 Å². The van der Waals surface area contributed by atoms with Crippen molar-refractivity contribution < 1.29 is 4.74 Å². The van der Waals surface area contributed by atoms with Gasteiger partial charge in [-0.1, -0.05) is 45.0 Å². The van der Waals surface area contributed by atoms with Gasteiger partial charge in [0.2, 0.25) is 0 Å². The molecule has 1 aromatic rings. The molecule has 1 aliphatic rings. The average Bonchev–Trinajstić information content (AvgIpc) is 2.45. The van der Waals surface area contributed by atoms with E-state index in [1.807, 2.05) is 0 Å². The summed E-state index contributed by atoms with van der Waals surface area (Å²) in [5.41, 5.74) is 3.23. The van der Waals surface area contributed by atoms with E-state index in [1.165, 1.54) is 36.8 Å². The first-order valence-corrected chi connectivity index (χ1v) is 8.42. The van der Waals surface area contributed by atoms with Gasteiger partial charge in [-0.25, -0.2) is 0 Å². The number of rotatable bonds is 6. The third kappa shape index (κ3) is 4.82. The summed E-state index contributed by atoms with van der Waals surface area (Å²) in [6, 6.07) is 8.94. The van der Waals surface area contributed by atoms with Crippen LogP contribution in [0.4, 0.5) is 0 Å². The van der Waals surface area contributed by atoms with Gasteiger partial charge in [-0.2, -0.15) is 0 Å². The van der Waals surface area contributed by atoms with Crippen molar-refractivity contribution in [1.82, 2.24) is 5.32 Å². The SMILES string of the molecule is CCNC(COC1CCC(C)(C)CC1)c1ccccc1C. The molecular formula is C19H31NO. The van der Waals surface area contributed by atoms with E-state index in [4.69, 9.17) is 4.74 Å². The van der Waals surface area contributed by atoms with E-state index < -0.39 is 0 Å². The monoisotopic (exact) mass is 289 g/mol. The minimum Gasteiger partial charge on any atom is -0.376 e. The normalized spacial score (nSPS) is 20.4. The number of nitrogens with one attached hydrogen (secondary N) is 1. The fourth-order valence-electron chi connectivity index (χ4n) is 3.25. The average molecular weight is 289 g/mol. The Bertz CT molecular complexity index is 431. The molecule has 118 valence electrons. The van der Waals surface area contributed by atoms with Gasteiger partial charge in [-0.3, -0.25) is 0 Å². The maximum atomic E-state index is 6.24. The lowest BCUT2D eigenvalue weighted by molar-refractivity contribution is -0.00571. The fraction of sp³-hybridized carbons (Fsp3) is 0.684. The summed E-state index contributed by atoms with van der Waals surface area (Å²) in [6.07, 6.45) is 5.43. The van der Waals surface area contributed by atoms with E-state index in [1.54, 1.807) is 0 Å². The molecule has 1 fully saturated rings. The third-order valence-electron chi connectivity index (χ3n) is 4.80. The molecule has 1 atom stereocenters. The smallest absolute Gasteiger partial charge is 0.0665 e. The lowest BCUT2D eigenvalue weighted by atomic mass is 9.76. The second-order valence-electron chi connectivity index (χ2n) is 7.16. The number of likely N-dealkylation sites (N-methyl/N-ethyl adjacent to an activating group) is 1. The van der Waals surface area contributed by atoms with Crippen LogP contribution in [0.1, 0.15) is 63.6 Å². The number of benzene rings is 1. The summed E-state index contributed by atoms with van der Waals surface area (Å²) in [4.78, 5) is 0. The zero-order valence-electron chi connectivity index (χ0n) is 14.1. The van der Waals surface area contributed by atoms with Gasteiger partial charge in [0.05, 0.1) is 18.8 Å². The minimum atomic E-state index is 0.311. The van der Waals surface area contributed by atoms with E-state index in [0.29, 0.717) is 17.6 Å². The van der Waals surface area contributed by atoms with Crippen LogP contribution in [-0.2, 0) is 4.74 Å². The first kappa shape index (κ1) is 16.5. The lowest BCUT2D eigenvalue weighted by Crippen LogP contribution is -2.31. The molecule has 1 unspecified atom stereocenters. The predicted octanol–water partition coefficient (Wildman–Crippen LogP) is 4.63. The number of hydrogen-bond acceptors (Lipinski definition) is 2. The molecule has 2 rings (SSSR count). The zero-order valence-corrected chi connectivity index (χ0v) is 14.1. The molecule has 0 saturated heterocycles. The van der Waals surface area contributed by atoms with Crippen LogP contribution in [0.5, 0.6) is 0 Å². The van der Waals surface area contributed by atoms with Crippen molar-refractivity contribution in [3.05, 3.63) is 35.4 Å². The summed E-state index contributed by atoms with van der Waals surface area (Å²) < 4.78 is 6.24. The minimum absolute atomic E-state index is 0.311. The van der Waals surface area contributed by atoms with Crippen molar-refractivity contribution >= 4 is 0 Å². The van der Waals surface area contributed by atoms with Gasteiger partial charge in [0.25, 0.3) is 0 Å². The quantitative estimate of drug-likeness (QED) is 0.824. The molecule has 0 amide bonds. The standard InChI is InChI=1S/C19H31NO/c1-5-20-18(17-9-7-6-8-15(17)2)14-21-16-10-12-19(3,4)13-11-16/h6-9,16,18,20H,5,10-14H2,1-4H3. The number of hydrogen-bond donors (Lipinski definition) is 1. The van der Waals surface area contributed by atoms with Crippen LogP contribution in [-0.4, -0.2) is 19.3 Å². The molecule has 0 aromatic heterocycles. The molecule has 0 bridgehead atoms. The molecule has 21 heavy (non-hydrogen) atoms. The first-order chi connectivity index (χ1) is 10.0. The Kier molecular flexibility index (Phi) is 5.83. The van der Waals surface area contributed by atoms with E-state index in [0.717, 1.165) is 13.2 Å². The molecule has 2 heteroatoms. The van der Waals surface area contributed by atoms with Gasteiger partial charge in [0.15, 0.2) is 0 Å². The fourth-order valence-corrected chi connectivity index (χ4v) is 3.25. The van der Waals surface area contributed by atoms with E-state index in [2.05, 4.69) is 57.3 Å². The van der Waals surface area contributed by atoms with Gasteiger partial charge in [-0.05, 0) is 55.7 Å². The Morgan fingerprint density at radius 2 is 1.90 bits per heavy atom. The molecule has 0 radical (unpaired) electrons. The van der Waals surface area contributed by atoms with Gasteiger partial charge in [-0.15, -0.1) is 0 Å². The molecule has 1 aromatic carbocycles. The van der Waals surface area contributed by atoms with Crippen molar-refractivity contribution in [2.75, 3.05) is 13.2 Å².